The van der Waals surface area contributed by atoms with Gasteiger partial charge in [-0.2, -0.15) is 0 Å². The van der Waals surface area contributed by atoms with Gasteiger partial charge in [-0.15, -0.1) is 0 Å². The Kier molecular flexibility index (Phi) is 7.55. The number of Topliss-reactive ketones (excluding diaryl/α,β-unsaturated/α-hetero) is 1. The zero-order valence-electron chi connectivity index (χ0n) is 18.3. The van der Waals surface area contributed by atoms with Crippen LogP contribution in [0, 0.1) is 0 Å². The van der Waals surface area contributed by atoms with E-state index in [0.29, 0.717) is 5.69 Å². The number of carboxylic acids is 1. The zero-order chi connectivity index (χ0) is 24.2. The van der Waals surface area contributed by atoms with Crippen LogP contribution in [0.15, 0.2) is 54.6 Å². The molecule has 1 aliphatic rings. The number of carbonyl (C=O) groups excluding carboxylic acids is 3. The largest absolute Gasteiger partial charge is 0.479 e. The number of hydrogen-bond acceptors (Lipinski definition) is 7. The van der Waals surface area contributed by atoms with Gasteiger partial charge in [0.25, 0.3) is 0 Å². The van der Waals surface area contributed by atoms with Crippen LogP contribution < -0.4 is 11.5 Å². The smallest absolute Gasteiger partial charge is 0.337 e. The Morgan fingerprint density at radius 1 is 1.12 bits per heavy atom. The van der Waals surface area contributed by atoms with Crippen LogP contribution in [0.5, 0.6) is 0 Å². The lowest BCUT2D eigenvalue weighted by molar-refractivity contribution is -0.163. The number of ketones is 1. The maximum absolute atomic E-state index is 13.9. The van der Waals surface area contributed by atoms with Crippen LogP contribution in [-0.4, -0.2) is 50.1 Å². The van der Waals surface area contributed by atoms with Gasteiger partial charge in [0.15, 0.2) is 10.9 Å². The number of nitrogens with two attached hydrogens (primary N) is 2. The summed E-state index contributed by atoms with van der Waals surface area (Å²) < 4.78 is 0. The van der Waals surface area contributed by atoms with E-state index in [1.165, 1.54) is 6.92 Å². The second-order valence-electron chi connectivity index (χ2n) is 8.01. The second-order valence-corrected chi connectivity index (χ2v) is 9.39. The summed E-state index contributed by atoms with van der Waals surface area (Å²) in [4.78, 5) is 52.6. The summed E-state index contributed by atoms with van der Waals surface area (Å²) in [5.41, 5.74) is 11.3. The van der Waals surface area contributed by atoms with Crippen molar-refractivity contribution in [3.63, 3.8) is 0 Å². The number of nitrogen functional groups attached to an aromatic ring is 1. The third kappa shape index (κ3) is 4.94. The number of aliphatic carboxylic acids is 1. The molecule has 3 unspecified atom stereocenters. The van der Waals surface area contributed by atoms with Gasteiger partial charge in [-0.25, -0.2) is 4.79 Å². The molecule has 1 fully saturated rings. The van der Waals surface area contributed by atoms with Crippen molar-refractivity contribution in [1.82, 2.24) is 4.90 Å². The number of carbonyl (C=O) groups is 4. The van der Waals surface area contributed by atoms with E-state index in [0.717, 1.165) is 27.8 Å². The highest BCUT2D eigenvalue weighted by molar-refractivity contribution is 8.14. The quantitative estimate of drug-likeness (QED) is 0.394. The first-order valence-electron chi connectivity index (χ1n) is 10.6. The van der Waals surface area contributed by atoms with Crippen molar-refractivity contribution < 1.29 is 24.3 Å². The van der Waals surface area contributed by atoms with Crippen molar-refractivity contribution in [2.75, 3.05) is 12.3 Å². The molecule has 1 amide bonds. The molecule has 5 N–H and O–H groups in total. The van der Waals surface area contributed by atoms with Gasteiger partial charge in [0.05, 0.1) is 17.8 Å². The van der Waals surface area contributed by atoms with E-state index in [1.807, 2.05) is 6.07 Å². The Morgan fingerprint density at radius 2 is 1.76 bits per heavy atom. The molecule has 2 aromatic carbocycles. The molecule has 0 aromatic heterocycles. The Hall–Kier alpha value is -3.17. The first-order chi connectivity index (χ1) is 15.7. The van der Waals surface area contributed by atoms with Crippen molar-refractivity contribution in [3.8, 4) is 0 Å². The van der Waals surface area contributed by atoms with Gasteiger partial charge in [-0.05, 0) is 42.5 Å². The zero-order valence-corrected chi connectivity index (χ0v) is 19.1. The molecule has 3 rings (SSSR count). The highest BCUT2D eigenvalue weighted by Crippen LogP contribution is 2.45. The third-order valence-corrected chi connectivity index (χ3v) is 6.89. The van der Waals surface area contributed by atoms with E-state index in [9.17, 15) is 24.3 Å². The van der Waals surface area contributed by atoms with Gasteiger partial charge in [0.1, 0.15) is 0 Å². The molecule has 1 saturated heterocycles. The fraction of sp³-hybridized carbons (Fsp3) is 0.333. The van der Waals surface area contributed by atoms with Crippen LogP contribution in [0.3, 0.4) is 0 Å². The van der Waals surface area contributed by atoms with Crippen molar-refractivity contribution in [1.29, 1.82) is 0 Å². The minimum atomic E-state index is -2.08. The lowest BCUT2D eigenvalue weighted by Gasteiger charge is -2.38. The number of benzene rings is 2. The van der Waals surface area contributed by atoms with Gasteiger partial charge in [0, 0.05) is 12.6 Å². The fourth-order valence-corrected chi connectivity index (χ4v) is 5.26. The molecular weight excluding hydrogens is 442 g/mol. The van der Waals surface area contributed by atoms with Crippen LogP contribution in [0.25, 0.3) is 0 Å². The van der Waals surface area contributed by atoms with Crippen molar-refractivity contribution in [3.05, 3.63) is 65.7 Å². The van der Waals surface area contributed by atoms with Gasteiger partial charge < -0.3 is 21.5 Å². The molecule has 0 saturated carbocycles. The molecule has 1 heterocycles. The number of carboxylic acid groups (broad SMARTS) is 1. The monoisotopic (exact) mass is 469 g/mol. The second kappa shape index (κ2) is 10.2. The SMILES string of the molecule is CC(=O)SC(Cc1ccc(N)cc1)C(=O)N1C(c2ccccc2)CCC1(C(=O)O)C(=O)CN. The predicted octanol–water partition coefficient (Wildman–Crippen LogP) is 2.17. The summed E-state index contributed by atoms with van der Waals surface area (Å²) in [6.07, 6.45) is 0.407. The van der Waals surface area contributed by atoms with Gasteiger partial charge >= 0.3 is 5.97 Å². The summed E-state index contributed by atoms with van der Waals surface area (Å²) in [6.45, 7) is 0.835. The van der Waals surface area contributed by atoms with Crippen molar-refractivity contribution in [2.45, 2.75) is 43.0 Å². The van der Waals surface area contributed by atoms with Gasteiger partial charge in [0.2, 0.25) is 11.4 Å². The van der Waals surface area contributed by atoms with Crippen LogP contribution in [-0.2, 0) is 25.6 Å². The van der Waals surface area contributed by atoms with E-state index < -0.39 is 41.0 Å². The Labute approximate surface area is 196 Å². The molecule has 33 heavy (non-hydrogen) atoms. The van der Waals surface area contributed by atoms with E-state index >= 15 is 0 Å². The minimum Gasteiger partial charge on any atom is -0.479 e. The van der Waals surface area contributed by atoms with Crippen molar-refractivity contribution >= 4 is 40.2 Å². The topological polar surface area (TPSA) is 144 Å². The third-order valence-electron chi connectivity index (χ3n) is 5.91. The summed E-state index contributed by atoms with van der Waals surface area (Å²) >= 11 is 0.826. The molecule has 0 radical (unpaired) electrons. The van der Waals surface area contributed by atoms with Crippen LogP contribution >= 0.6 is 11.8 Å². The minimum absolute atomic E-state index is 0.0526. The molecule has 1 aliphatic heterocycles. The highest BCUT2D eigenvalue weighted by atomic mass is 32.2. The number of amides is 1. The predicted molar refractivity (Wildman–Crippen MR) is 126 cm³/mol. The number of nitrogens with zero attached hydrogens (tertiary/aromatic N) is 1. The molecule has 174 valence electrons. The number of anilines is 1. The van der Waals surface area contributed by atoms with Crippen LogP contribution in [0.1, 0.15) is 36.9 Å². The average Bonchev–Trinajstić information content (AvgIpc) is 3.21. The van der Waals surface area contributed by atoms with Crippen molar-refractivity contribution in [2.24, 2.45) is 5.73 Å². The van der Waals surface area contributed by atoms with Gasteiger partial charge in [-0.1, -0.05) is 54.2 Å². The number of hydrogen-bond donors (Lipinski definition) is 3. The lowest BCUT2D eigenvalue weighted by Crippen LogP contribution is -2.62. The Balaban J connectivity index is 2.09. The molecule has 8 nitrogen and oxygen atoms in total. The standard InChI is InChI=1S/C24H27N3O5S/c1-15(28)33-20(13-16-7-9-18(26)10-8-16)22(30)27-19(17-5-3-2-4-6-17)11-12-24(27,23(31)32)21(29)14-25/h2-10,19-20H,11-14,25-26H2,1H3,(H,31,32). The molecule has 3 atom stereocenters. The Bertz CT molecular complexity index is 1040. The fourth-order valence-electron chi connectivity index (χ4n) is 4.37. The first-order valence-corrected chi connectivity index (χ1v) is 11.4. The Morgan fingerprint density at radius 3 is 2.30 bits per heavy atom. The average molecular weight is 470 g/mol. The summed E-state index contributed by atoms with van der Waals surface area (Å²) in [6, 6.07) is 15.2. The molecule has 0 bridgehead atoms. The van der Waals surface area contributed by atoms with E-state index in [2.05, 4.69) is 0 Å². The summed E-state index contributed by atoms with van der Waals surface area (Å²) in [5, 5.41) is 8.97. The molecule has 0 aliphatic carbocycles. The maximum atomic E-state index is 13.9. The summed E-state index contributed by atoms with van der Waals surface area (Å²) in [5.74, 6) is -2.73. The van der Waals surface area contributed by atoms with Gasteiger partial charge in [-0.3, -0.25) is 14.4 Å². The molecule has 0 spiro atoms. The van der Waals surface area contributed by atoms with E-state index in [-0.39, 0.29) is 24.4 Å². The molecule has 2 aromatic rings. The number of thioether (sulfide) groups is 1. The molecular formula is C24H27N3O5S. The van der Waals surface area contributed by atoms with Crippen LogP contribution in [0.4, 0.5) is 5.69 Å². The van der Waals surface area contributed by atoms with E-state index in [1.54, 1.807) is 48.5 Å². The first kappa shape index (κ1) is 24.5. The maximum Gasteiger partial charge on any atom is 0.337 e. The van der Waals surface area contributed by atoms with Crippen LogP contribution in [0.2, 0.25) is 0 Å². The molecule has 9 heteroatoms. The normalized spacial score (nSPS) is 20.9. The summed E-state index contributed by atoms with van der Waals surface area (Å²) in [7, 11) is 0. The van der Waals surface area contributed by atoms with E-state index in [4.69, 9.17) is 11.5 Å². The number of likely N-dealkylation sites (tertiary alicyclic amines) is 1. The lowest BCUT2D eigenvalue weighted by atomic mass is 9.90. The highest BCUT2D eigenvalue weighted by Gasteiger charge is 2.59. The number of rotatable bonds is 8.